The lowest BCUT2D eigenvalue weighted by atomic mass is 10.0. The van der Waals surface area contributed by atoms with Gasteiger partial charge < -0.3 is 4.74 Å². The largest absolute Gasteiger partial charge is 0.469 e. The van der Waals surface area contributed by atoms with Crippen LogP contribution < -0.4 is 0 Å². The van der Waals surface area contributed by atoms with Crippen LogP contribution in [-0.4, -0.2) is 13.1 Å². The molecular weight excluding hydrogens is 248 g/mol. The zero-order valence-electron chi connectivity index (χ0n) is 13.6. The molecule has 0 N–H and O–H groups in total. The maximum Gasteiger partial charge on any atom is 0.305 e. The number of hydrogen-bond donors (Lipinski definition) is 0. The number of esters is 1. The molecule has 0 bridgehead atoms. The Hall–Kier alpha value is -1.05. The summed E-state index contributed by atoms with van der Waals surface area (Å²) in [6, 6.07) is 0. The molecule has 0 saturated heterocycles. The lowest BCUT2D eigenvalue weighted by Crippen LogP contribution is -2.03. The summed E-state index contributed by atoms with van der Waals surface area (Å²) in [5.74, 6) is 0.427. The summed E-state index contributed by atoms with van der Waals surface area (Å²) in [7, 11) is 1.44. The molecule has 1 unspecified atom stereocenters. The standard InChI is InChI=1S/C18H32O2/c1-4-5-6-7-8-9-10-11-12-13-14-17(2)15-16-18(19)20-3/h10-13,17H,4-9,14-16H2,1-3H3. The fraction of sp³-hybridized carbons (Fsp3) is 0.722. The Kier molecular flexibility index (Phi) is 13.6. The molecular formula is C18H32O2. The van der Waals surface area contributed by atoms with Gasteiger partial charge >= 0.3 is 5.97 Å². The van der Waals surface area contributed by atoms with Crippen molar-refractivity contribution < 1.29 is 9.53 Å². The Morgan fingerprint density at radius 1 is 1.10 bits per heavy atom. The van der Waals surface area contributed by atoms with E-state index in [2.05, 4.69) is 42.9 Å². The molecule has 2 heteroatoms. The van der Waals surface area contributed by atoms with Crippen LogP contribution in [0.2, 0.25) is 0 Å². The highest BCUT2D eigenvalue weighted by molar-refractivity contribution is 5.69. The summed E-state index contributed by atoms with van der Waals surface area (Å²) in [4.78, 5) is 11.0. The van der Waals surface area contributed by atoms with Crippen LogP contribution in [0.3, 0.4) is 0 Å². The summed E-state index contributed by atoms with van der Waals surface area (Å²) in [5.41, 5.74) is 0. The highest BCUT2D eigenvalue weighted by Crippen LogP contribution is 2.11. The molecule has 0 fully saturated rings. The minimum atomic E-state index is -0.108. The number of rotatable bonds is 12. The normalized spacial score (nSPS) is 13.2. The van der Waals surface area contributed by atoms with Crippen molar-refractivity contribution in [2.24, 2.45) is 5.92 Å². The first-order valence-corrected chi connectivity index (χ1v) is 8.09. The second-order valence-corrected chi connectivity index (χ2v) is 5.51. The smallest absolute Gasteiger partial charge is 0.305 e. The summed E-state index contributed by atoms with van der Waals surface area (Å²) in [6.07, 6.45) is 19.1. The van der Waals surface area contributed by atoms with Gasteiger partial charge in [-0.2, -0.15) is 0 Å². The zero-order valence-corrected chi connectivity index (χ0v) is 13.6. The minimum Gasteiger partial charge on any atom is -0.469 e. The van der Waals surface area contributed by atoms with Gasteiger partial charge in [0.05, 0.1) is 7.11 Å². The second-order valence-electron chi connectivity index (χ2n) is 5.51. The van der Waals surface area contributed by atoms with Gasteiger partial charge in [0, 0.05) is 6.42 Å². The van der Waals surface area contributed by atoms with E-state index >= 15 is 0 Å². The molecule has 0 aromatic heterocycles. The fourth-order valence-corrected chi connectivity index (χ4v) is 2.01. The van der Waals surface area contributed by atoms with E-state index in [1.54, 1.807) is 0 Å². The average molecular weight is 280 g/mol. The van der Waals surface area contributed by atoms with Crippen LogP contribution in [-0.2, 0) is 9.53 Å². The van der Waals surface area contributed by atoms with Crippen LogP contribution in [0.15, 0.2) is 24.3 Å². The van der Waals surface area contributed by atoms with Crippen molar-refractivity contribution in [1.29, 1.82) is 0 Å². The zero-order chi connectivity index (χ0) is 15.1. The van der Waals surface area contributed by atoms with Crippen LogP contribution in [0.25, 0.3) is 0 Å². The van der Waals surface area contributed by atoms with Gasteiger partial charge in [-0.05, 0) is 31.6 Å². The van der Waals surface area contributed by atoms with Gasteiger partial charge in [-0.3, -0.25) is 4.79 Å². The minimum absolute atomic E-state index is 0.108. The van der Waals surface area contributed by atoms with E-state index < -0.39 is 0 Å². The molecule has 0 rings (SSSR count). The summed E-state index contributed by atoms with van der Waals surface area (Å²) in [6.45, 7) is 4.42. The second kappa shape index (κ2) is 14.4. The molecule has 0 heterocycles. The number of methoxy groups -OCH3 is 1. The SMILES string of the molecule is CCCCCCCC=CC=CCC(C)CCC(=O)OC. The molecule has 0 aromatic carbocycles. The number of carbonyl (C=O) groups excluding carboxylic acids is 1. The molecule has 1 atom stereocenters. The molecule has 0 spiro atoms. The third-order valence-corrected chi connectivity index (χ3v) is 3.47. The van der Waals surface area contributed by atoms with E-state index in [1.165, 1.54) is 45.6 Å². The van der Waals surface area contributed by atoms with E-state index in [0.29, 0.717) is 12.3 Å². The van der Waals surface area contributed by atoms with Crippen molar-refractivity contribution in [2.75, 3.05) is 7.11 Å². The van der Waals surface area contributed by atoms with Gasteiger partial charge in [-0.25, -0.2) is 0 Å². The fourth-order valence-electron chi connectivity index (χ4n) is 2.01. The number of hydrogen-bond acceptors (Lipinski definition) is 2. The van der Waals surface area contributed by atoms with Crippen molar-refractivity contribution in [3.63, 3.8) is 0 Å². The first kappa shape index (κ1) is 18.9. The molecule has 0 radical (unpaired) electrons. The summed E-state index contributed by atoms with van der Waals surface area (Å²) < 4.78 is 4.64. The molecule has 20 heavy (non-hydrogen) atoms. The summed E-state index contributed by atoms with van der Waals surface area (Å²) >= 11 is 0. The Bertz CT molecular complexity index is 279. The molecule has 0 aliphatic heterocycles. The predicted molar refractivity (Wildman–Crippen MR) is 86.7 cm³/mol. The first-order valence-electron chi connectivity index (χ1n) is 8.09. The van der Waals surface area contributed by atoms with Gasteiger partial charge in [0.1, 0.15) is 0 Å². The Morgan fingerprint density at radius 2 is 1.80 bits per heavy atom. The van der Waals surface area contributed by atoms with E-state index in [0.717, 1.165) is 12.8 Å². The van der Waals surface area contributed by atoms with Crippen molar-refractivity contribution in [1.82, 2.24) is 0 Å². The van der Waals surface area contributed by atoms with Crippen LogP contribution in [0.1, 0.15) is 71.6 Å². The Morgan fingerprint density at radius 3 is 2.50 bits per heavy atom. The first-order chi connectivity index (χ1) is 9.70. The quantitative estimate of drug-likeness (QED) is 0.270. The maximum absolute atomic E-state index is 11.0. The van der Waals surface area contributed by atoms with Crippen molar-refractivity contribution in [3.8, 4) is 0 Å². The van der Waals surface area contributed by atoms with Crippen LogP contribution in [0.5, 0.6) is 0 Å². The van der Waals surface area contributed by atoms with Gasteiger partial charge in [0.25, 0.3) is 0 Å². The Labute approximate surface area is 125 Å². The molecule has 0 aliphatic rings. The van der Waals surface area contributed by atoms with Gasteiger partial charge in [0.2, 0.25) is 0 Å². The highest BCUT2D eigenvalue weighted by atomic mass is 16.5. The summed E-state index contributed by atoms with van der Waals surface area (Å²) in [5, 5.41) is 0. The Balaban J connectivity index is 3.47. The van der Waals surface area contributed by atoms with Crippen LogP contribution >= 0.6 is 0 Å². The molecule has 0 aromatic rings. The molecule has 116 valence electrons. The third-order valence-electron chi connectivity index (χ3n) is 3.47. The molecule has 0 saturated carbocycles. The van der Waals surface area contributed by atoms with Gasteiger partial charge in [-0.15, -0.1) is 0 Å². The van der Waals surface area contributed by atoms with E-state index in [1.807, 2.05) is 0 Å². The van der Waals surface area contributed by atoms with E-state index in [-0.39, 0.29) is 5.97 Å². The number of ether oxygens (including phenoxy) is 1. The number of unbranched alkanes of at least 4 members (excludes halogenated alkanes) is 5. The number of allylic oxidation sites excluding steroid dienone is 4. The topological polar surface area (TPSA) is 26.3 Å². The highest BCUT2D eigenvalue weighted by Gasteiger charge is 2.04. The lowest BCUT2D eigenvalue weighted by molar-refractivity contribution is -0.140. The van der Waals surface area contributed by atoms with Crippen molar-refractivity contribution in [2.45, 2.75) is 71.6 Å². The van der Waals surface area contributed by atoms with Crippen LogP contribution in [0, 0.1) is 5.92 Å². The molecule has 0 aliphatic carbocycles. The number of carbonyl (C=O) groups is 1. The van der Waals surface area contributed by atoms with Crippen molar-refractivity contribution >= 4 is 5.97 Å². The molecule has 0 amide bonds. The average Bonchev–Trinajstić information content (AvgIpc) is 2.46. The lowest BCUT2D eigenvalue weighted by Gasteiger charge is -2.06. The van der Waals surface area contributed by atoms with Gasteiger partial charge in [0.15, 0.2) is 0 Å². The molecule has 2 nitrogen and oxygen atoms in total. The monoisotopic (exact) mass is 280 g/mol. The maximum atomic E-state index is 11.0. The van der Waals surface area contributed by atoms with E-state index in [9.17, 15) is 4.79 Å². The third kappa shape index (κ3) is 13.4. The predicted octanol–water partition coefficient (Wildman–Crippen LogP) is 5.44. The van der Waals surface area contributed by atoms with Crippen molar-refractivity contribution in [3.05, 3.63) is 24.3 Å². The van der Waals surface area contributed by atoms with Crippen LogP contribution in [0.4, 0.5) is 0 Å². The van der Waals surface area contributed by atoms with Gasteiger partial charge in [-0.1, -0.05) is 63.8 Å². The van der Waals surface area contributed by atoms with E-state index in [4.69, 9.17) is 0 Å².